The standard InChI is InChI=1S/C21H42O2/c1-18(2)14-12-10-8-7-9-11-13-15-23-20(22)16-19(3)17-21(4,5)6/h18-19H,7-17H2,1-6H3. The minimum Gasteiger partial charge on any atom is -0.466 e. The smallest absolute Gasteiger partial charge is 0.306 e. The first kappa shape index (κ1) is 22.5. The summed E-state index contributed by atoms with van der Waals surface area (Å²) in [7, 11) is 0. The molecule has 0 N–H and O–H groups in total. The van der Waals surface area contributed by atoms with Crippen LogP contribution in [0.2, 0.25) is 0 Å². The Morgan fingerprint density at radius 3 is 1.91 bits per heavy atom. The highest BCUT2D eigenvalue weighted by Crippen LogP contribution is 2.26. The average molecular weight is 327 g/mol. The van der Waals surface area contributed by atoms with Gasteiger partial charge in [-0.05, 0) is 30.1 Å². The van der Waals surface area contributed by atoms with Crippen LogP contribution in [0.5, 0.6) is 0 Å². The molecule has 0 bridgehead atoms. The Morgan fingerprint density at radius 1 is 0.870 bits per heavy atom. The van der Waals surface area contributed by atoms with Gasteiger partial charge >= 0.3 is 5.97 Å². The van der Waals surface area contributed by atoms with Gasteiger partial charge in [0.2, 0.25) is 0 Å². The Kier molecular flexibility index (Phi) is 12.5. The maximum absolute atomic E-state index is 11.8. The molecule has 2 nitrogen and oxygen atoms in total. The van der Waals surface area contributed by atoms with Gasteiger partial charge < -0.3 is 4.74 Å². The summed E-state index contributed by atoms with van der Waals surface area (Å²) >= 11 is 0. The highest BCUT2D eigenvalue weighted by molar-refractivity contribution is 5.69. The fourth-order valence-electron chi connectivity index (χ4n) is 3.19. The Bertz CT molecular complexity index is 289. The van der Waals surface area contributed by atoms with E-state index in [1.165, 1.54) is 44.9 Å². The van der Waals surface area contributed by atoms with E-state index in [1.807, 2.05) is 0 Å². The highest BCUT2D eigenvalue weighted by Gasteiger charge is 2.18. The lowest BCUT2D eigenvalue weighted by atomic mass is 9.84. The highest BCUT2D eigenvalue weighted by atomic mass is 16.5. The zero-order chi connectivity index (χ0) is 17.7. The third-order valence-corrected chi connectivity index (χ3v) is 4.16. The van der Waals surface area contributed by atoms with Gasteiger partial charge in [0.15, 0.2) is 0 Å². The summed E-state index contributed by atoms with van der Waals surface area (Å²) in [6, 6.07) is 0. The minimum atomic E-state index is -0.0181. The zero-order valence-corrected chi connectivity index (χ0v) is 16.7. The molecule has 0 aliphatic heterocycles. The number of unbranched alkanes of at least 4 members (excludes halogenated alkanes) is 6. The summed E-state index contributed by atoms with van der Waals surface area (Å²) in [5, 5.41) is 0. The zero-order valence-electron chi connectivity index (χ0n) is 16.7. The predicted octanol–water partition coefficient (Wildman–Crippen LogP) is 6.77. The van der Waals surface area contributed by atoms with Crippen LogP contribution >= 0.6 is 0 Å². The number of rotatable bonds is 13. The minimum absolute atomic E-state index is 0.0181. The average Bonchev–Trinajstić information content (AvgIpc) is 2.38. The van der Waals surface area contributed by atoms with Crippen molar-refractivity contribution in [1.29, 1.82) is 0 Å². The Hall–Kier alpha value is -0.530. The fourth-order valence-corrected chi connectivity index (χ4v) is 3.19. The molecule has 0 rings (SSSR count). The molecule has 0 radical (unpaired) electrons. The SMILES string of the molecule is CC(C)CCCCCCCCCOC(=O)CC(C)CC(C)(C)C. The van der Waals surface area contributed by atoms with Gasteiger partial charge in [0.05, 0.1) is 6.61 Å². The molecule has 0 fully saturated rings. The van der Waals surface area contributed by atoms with Crippen LogP contribution in [0, 0.1) is 17.3 Å². The van der Waals surface area contributed by atoms with Gasteiger partial charge in [-0.15, -0.1) is 0 Å². The molecule has 0 aromatic carbocycles. The van der Waals surface area contributed by atoms with Gasteiger partial charge in [-0.1, -0.05) is 86.5 Å². The second-order valence-corrected chi connectivity index (χ2v) is 8.95. The second kappa shape index (κ2) is 12.8. The van der Waals surface area contributed by atoms with Gasteiger partial charge in [0.25, 0.3) is 0 Å². The summed E-state index contributed by atoms with van der Waals surface area (Å²) in [5.74, 6) is 1.24. The first-order valence-electron chi connectivity index (χ1n) is 9.86. The topological polar surface area (TPSA) is 26.3 Å². The van der Waals surface area contributed by atoms with E-state index in [9.17, 15) is 4.79 Å². The van der Waals surface area contributed by atoms with Crippen molar-refractivity contribution in [1.82, 2.24) is 0 Å². The molecule has 138 valence electrons. The molecule has 1 unspecified atom stereocenters. The van der Waals surface area contributed by atoms with E-state index in [-0.39, 0.29) is 11.4 Å². The molecular weight excluding hydrogens is 284 g/mol. The van der Waals surface area contributed by atoms with Crippen molar-refractivity contribution in [2.24, 2.45) is 17.3 Å². The molecule has 0 aromatic rings. The van der Waals surface area contributed by atoms with Crippen LogP contribution in [0.4, 0.5) is 0 Å². The van der Waals surface area contributed by atoms with Crippen LogP contribution in [-0.2, 0) is 9.53 Å². The summed E-state index contributed by atoms with van der Waals surface area (Å²) in [4.78, 5) is 11.8. The molecule has 0 heterocycles. The van der Waals surface area contributed by atoms with Crippen LogP contribution in [0.25, 0.3) is 0 Å². The molecule has 0 spiro atoms. The van der Waals surface area contributed by atoms with E-state index in [0.717, 1.165) is 18.8 Å². The lowest BCUT2D eigenvalue weighted by Crippen LogP contribution is -2.16. The Labute approximate surface area is 145 Å². The molecule has 0 aliphatic carbocycles. The monoisotopic (exact) mass is 326 g/mol. The van der Waals surface area contributed by atoms with Crippen molar-refractivity contribution < 1.29 is 9.53 Å². The third kappa shape index (κ3) is 17.7. The first-order valence-corrected chi connectivity index (χ1v) is 9.86. The first-order chi connectivity index (χ1) is 10.7. The number of carbonyl (C=O) groups excluding carboxylic acids is 1. The number of hydrogen-bond donors (Lipinski definition) is 0. The van der Waals surface area contributed by atoms with Gasteiger partial charge in [0, 0.05) is 6.42 Å². The van der Waals surface area contributed by atoms with Crippen molar-refractivity contribution in [3.05, 3.63) is 0 Å². The van der Waals surface area contributed by atoms with E-state index < -0.39 is 0 Å². The van der Waals surface area contributed by atoms with Crippen LogP contribution in [0.3, 0.4) is 0 Å². The quantitative estimate of drug-likeness (QED) is 0.276. The summed E-state index contributed by atoms with van der Waals surface area (Å²) in [6.45, 7) is 14.0. The Morgan fingerprint density at radius 2 is 1.39 bits per heavy atom. The lowest BCUT2D eigenvalue weighted by Gasteiger charge is -2.22. The number of carbonyl (C=O) groups is 1. The predicted molar refractivity (Wildman–Crippen MR) is 101 cm³/mol. The molecule has 0 aliphatic rings. The molecule has 0 saturated heterocycles. The van der Waals surface area contributed by atoms with Crippen LogP contribution in [-0.4, -0.2) is 12.6 Å². The normalized spacial score (nSPS) is 13.3. The van der Waals surface area contributed by atoms with E-state index in [1.54, 1.807) is 0 Å². The maximum atomic E-state index is 11.8. The van der Waals surface area contributed by atoms with Gasteiger partial charge in [-0.25, -0.2) is 0 Å². The molecule has 0 aromatic heterocycles. The molecule has 0 saturated carbocycles. The van der Waals surface area contributed by atoms with Crippen molar-refractivity contribution in [2.75, 3.05) is 6.61 Å². The lowest BCUT2D eigenvalue weighted by molar-refractivity contribution is -0.144. The molecule has 1 atom stereocenters. The van der Waals surface area contributed by atoms with E-state index in [2.05, 4.69) is 41.5 Å². The largest absolute Gasteiger partial charge is 0.466 e. The van der Waals surface area contributed by atoms with Gasteiger partial charge in [0.1, 0.15) is 0 Å². The fraction of sp³-hybridized carbons (Fsp3) is 0.952. The van der Waals surface area contributed by atoms with E-state index >= 15 is 0 Å². The van der Waals surface area contributed by atoms with E-state index in [4.69, 9.17) is 4.74 Å². The summed E-state index contributed by atoms with van der Waals surface area (Å²) in [6.07, 6.45) is 11.9. The third-order valence-electron chi connectivity index (χ3n) is 4.16. The molecule has 23 heavy (non-hydrogen) atoms. The number of ether oxygens (including phenoxy) is 1. The van der Waals surface area contributed by atoms with Gasteiger partial charge in [-0.2, -0.15) is 0 Å². The van der Waals surface area contributed by atoms with Crippen LogP contribution < -0.4 is 0 Å². The molecule has 2 heteroatoms. The van der Waals surface area contributed by atoms with Crippen molar-refractivity contribution in [2.45, 2.75) is 106 Å². The number of esters is 1. The van der Waals surface area contributed by atoms with Crippen molar-refractivity contribution >= 4 is 5.97 Å². The Balaban J connectivity index is 3.39. The summed E-state index contributed by atoms with van der Waals surface area (Å²) in [5.41, 5.74) is 0.287. The number of hydrogen-bond acceptors (Lipinski definition) is 2. The van der Waals surface area contributed by atoms with E-state index in [0.29, 0.717) is 18.9 Å². The van der Waals surface area contributed by atoms with Crippen molar-refractivity contribution in [3.63, 3.8) is 0 Å². The van der Waals surface area contributed by atoms with Crippen LogP contribution in [0.1, 0.15) is 106 Å². The molecular formula is C21H42O2. The van der Waals surface area contributed by atoms with Gasteiger partial charge in [-0.3, -0.25) is 4.79 Å². The second-order valence-electron chi connectivity index (χ2n) is 8.95. The summed E-state index contributed by atoms with van der Waals surface area (Å²) < 4.78 is 5.36. The maximum Gasteiger partial charge on any atom is 0.306 e. The van der Waals surface area contributed by atoms with Crippen LogP contribution in [0.15, 0.2) is 0 Å². The van der Waals surface area contributed by atoms with Crippen molar-refractivity contribution in [3.8, 4) is 0 Å². The molecule has 0 amide bonds.